The molecule has 0 aliphatic rings. The van der Waals surface area contributed by atoms with Crippen molar-refractivity contribution in [2.24, 2.45) is 0 Å². The van der Waals surface area contributed by atoms with Gasteiger partial charge in [-0.1, -0.05) is 24.3 Å². The fourth-order valence-corrected chi connectivity index (χ4v) is 2.30. The fourth-order valence-electron chi connectivity index (χ4n) is 2.30. The predicted octanol–water partition coefficient (Wildman–Crippen LogP) is 2.94. The molecule has 0 fully saturated rings. The Bertz CT molecular complexity index is 1060. The van der Waals surface area contributed by atoms with Crippen molar-refractivity contribution in [1.29, 1.82) is 5.26 Å². The number of para-hydroxylation sites is 1. The Balaban J connectivity index is 1.56. The summed E-state index contributed by atoms with van der Waals surface area (Å²) in [6, 6.07) is 17.0. The number of ether oxygens (including phenoxy) is 1. The van der Waals surface area contributed by atoms with E-state index in [1.807, 2.05) is 6.07 Å². The SMILES string of the molecule is N#Cc1ccccc1OCc1ccc(C(=O)NNC(=O)c2ccccc2F)o1. The molecule has 1 aromatic heterocycles. The number of hydrogen-bond acceptors (Lipinski definition) is 5. The van der Waals surface area contributed by atoms with Gasteiger partial charge in [-0.3, -0.25) is 20.4 Å². The zero-order chi connectivity index (χ0) is 19.9. The van der Waals surface area contributed by atoms with Crippen LogP contribution < -0.4 is 15.6 Å². The van der Waals surface area contributed by atoms with Crippen LogP contribution >= 0.6 is 0 Å². The van der Waals surface area contributed by atoms with E-state index in [9.17, 15) is 14.0 Å². The first kappa shape index (κ1) is 18.7. The van der Waals surface area contributed by atoms with Gasteiger partial charge in [0.1, 0.15) is 30.0 Å². The first-order chi connectivity index (χ1) is 13.6. The number of benzene rings is 2. The summed E-state index contributed by atoms with van der Waals surface area (Å²) >= 11 is 0. The van der Waals surface area contributed by atoms with Gasteiger partial charge in [0.25, 0.3) is 5.91 Å². The molecular formula is C20H14FN3O4. The van der Waals surface area contributed by atoms with Gasteiger partial charge in [0.15, 0.2) is 5.76 Å². The molecule has 28 heavy (non-hydrogen) atoms. The van der Waals surface area contributed by atoms with Crippen molar-refractivity contribution in [3.8, 4) is 11.8 Å². The number of furan rings is 1. The number of carbonyl (C=O) groups excluding carboxylic acids is 2. The van der Waals surface area contributed by atoms with Gasteiger partial charge in [-0.25, -0.2) is 4.39 Å². The average Bonchev–Trinajstić information content (AvgIpc) is 3.20. The van der Waals surface area contributed by atoms with Crippen molar-refractivity contribution in [1.82, 2.24) is 10.9 Å². The third-order valence-electron chi connectivity index (χ3n) is 3.67. The average molecular weight is 379 g/mol. The molecule has 3 rings (SSSR count). The molecule has 0 aliphatic carbocycles. The van der Waals surface area contributed by atoms with E-state index in [1.165, 1.54) is 30.3 Å². The fraction of sp³-hybridized carbons (Fsp3) is 0.0500. The largest absolute Gasteiger partial charge is 0.484 e. The number of nitriles is 1. The number of hydrazine groups is 1. The summed E-state index contributed by atoms with van der Waals surface area (Å²) in [7, 11) is 0. The summed E-state index contributed by atoms with van der Waals surface area (Å²) in [5.74, 6) is -1.55. The van der Waals surface area contributed by atoms with E-state index in [1.54, 1.807) is 24.3 Å². The Labute approximate surface area is 159 Å². The van der Waals surface area contributed by atoms with Crippen molar-refractivity contribution in [2.45, 2.75) is 6.61 Å². The third-order valence-corrected chi connectivity index (χ3v) is 3.67. The maximum atomic E-state index is 13.5. The maximum Gasteiger partial charge on any atom is 0.305 e. The summed E-state index contributed by atoms with van der Waals surface area (Å²) in [6.45, 7) is 0.00750. The Morgan fingerprint density at radius 1 is 1.00 bits per heavy atom. The predicted molar refractivity (Wildman–Crippen MR) is 95.5 cm³/mol. The lowest BCUT2D eigenvalue weighted by atomic mass is 10.2. The molecular weight excluding hydrogens is 365 g/mol. The number of carbonyl (C=O) groups is 2. The van der Waals surface area contributed by atoms with E-state index in [2.05, 4.69) is 10.9 Å². The highest BCUT2D eigenvalue weighted by Gasteiger charge is 2.15. The zero-order valence-corrected chi connectivity index (χ0v) is 14.4. The second-order valence-corrected chi connectivity index (χ2v) is 5.55. The summed E-state index contributed by atoms with van der Waals surface area (Å²) in [5, 5.41) is 9.03. The number of halogens is 1. The van der Waals surface area contributed by atoms with Gasteiger partial charge in [-0.05, 0) is 36.4 Å². The van der Waals surface area contributed by atoms with Gasteiger partial charge < -0.3 is 9.15 Å². The first-order valence-electron chi connectivity index (χ1n) is 8.14. The molecule has 3 aromatic rings. The van der Waals surface area contributed by atoms with E-state index in [-0.39, 0.29) is 17.9 Å². The highest BCUT2D eigenvalue weighted by molar-refractivity contribution is 5.98. The second kappa shape index (κ2) is 8.51. The van der Waals surface area contributed by atoms with Crippen LogP contribution in [0.15, 0.2) is 65.1 Å². The van der Waals surface area contributed by atoms with Crippen LogP contribution in [0, 0.1) is 17.1 Å². The number of amides is 2. The topological polar surface area (TPSA) is 104 Å². The van der Waals surface area contributed by atoms with Crippen LogP contribution in [0.5, 0.6) is 5.75 Å². The quantitative estimate of drug-likeness (QED) is 0.663. The molecule has 0 spiro atoms. The maximum absolute atomic E-state index is 13.5. The van der Waals surface area contributed by atoms with Crippen LogP contribution in [-0.2, 0) is 6.61 Å². The molecule has 0 saturated carbocycles. The Morgan fingerprint density at radius 2 is 1.71 bits per heavy atom. The first-order valence-corrected chi connectivity index (χ1v) is 8.14. The lowest BCUT2D eigenvalue weighted by Crippen LogP contribution is -2.41. The molecule has 0 radical (unpaired) electrons. The number of hydrogen-bond donors (Lipinski definition) is 2. The van der Waals surface area contributed by atoms with Crippen LogP contribution in [0.4, 0.5) is 4.39 Å². The molecule has 2 amide bonds. The summed E-state index contributed by atoms with van der Waals surface area (Å²) in [5.41, 5.74) is 4.44. The van der Waals surface area contributed by atoms with Crippen molar-refractivity contribution < 1.29 is 23.1 Å². The molecule has 0 bridgehead atoms. The van der Waals surface area contributed by atoms with Crippen molar-refractivity contribution >= 4 is 11.8 Å². The standard InChI is InChI=1S/C20H14FN3O4/c21-16-7-3-2-6-15(16)19(25)23-24-20(26)18-10-9-14(28-18)12-27-17-8-4-1-5-13(17)11-22/h1-10H,12H2,(H,23,25)(H,24,26). The lowest BCUT2D eigenvalue weighted by molar-refractivity contribution is 0.0826. The summed E-state index contributed by atoms with van der Waals surface area (Å²) in [6.07, 6.45) is 0. The minimum absolute atomic E-state index is 0.00750. The highest BCUT2D eigenvalue weighted by Crippen LogP contribution is 2.19. The normalized spacial score (nSPS) is 10.0. The van der Waals surface area contributed by atoms with Crippen LogP contribution in [0.3, 0.4) is 0 Å². The smallest absolute Gasteiger partial charge is 0.305 e. The van der Waals surface area contributed by atoms with Gasteiger partial charge >= 0.3 is 5.91 Å². The summed E-state index contributed by atoms with van der Waals surface area (Å²) in [4.78, 5) is 23.9. The molecule has 140 valence electrons. The van der Waals surface area contributed by atoms with Gasteiger partial charge in [0.05, 0.1) is 11.1 Å². The number of nitrogens with zero attached hydrogens (tertiary/aromatic N) is 1. The Morgan fingerprint density at radius 3 is 2.50 bits per heavy atom. The van der Waals surface area contributed by atoms with Gasteiger partial charge in [-0.2, -0.15) is 5.26 Å². The summed E-state index contributed by atoms with van der Waals surface area (Å²) < 4.78 is 24.4. The van der Waals surface area contributed by atoms with E-state index in [0.29, 0.717) is 17.1 Å². The van der Waals surface area contributed by atoms with E-state index >= 15 is 0 Å². The molecule has 8 heteroatoms. The Kier molecular flexibility index (Phi) is 5.67. The number of nitrogens with one attached hydrogen (secondary N) is 2. The van der Waals surface area contributed by atoms with Gasteiger partial charge in [-0.15, -0.1) is 0 Å². The zero-order valence-electron chi connectivity index (χ0n) is 14.4. The molecule has 0 atom stereocenters. The van der Waals surface area contributed by atoms with E-state index in [4.69, 9.17) is 14.4 Å². The molecule has 0 aliphatic heterocycles. The van der Waals surface area contributed by atoms with Crippen LogP contribution in [0.25, 0.3) is 0 Å². The second-order valence-electron chi connectivity index (χ2n) is 5.55. The van der Waals surface area contributed by atoms with Crippen LogP contribution in [0.2, 0.25) is 0 Å². The molecule has 7 nitrogen and oxygen atoms in total. The van der Waals surface area contributed by atoms with E-state index < -0.39 is 17.6 Å². The molecule has 2 N–H and O–H groups in total. The lowest BCUT2D eigenvalue weighted by Gasteiger charge is -2.07. The Hall–Kier alpha value is -4.12. The van der Waals surface area contributed by atoms with Crippen LogP contribution in [0.1, 0.15) is 32.2 Å². The molecule has 1 heterocycles. The highest BCUT2D eigenvalue weighted by atomic mass is 19.1. The van der Waals surface area contributed by atoms with E-state index in [0.717, 1.165) is 6.07 Å². The molecule has 0 unspecified atom stereocenters. The van der Waals surface area contributed by atoms with Gasteiger partial charge in [0, 0.05) is 0 Å². The van der Waals surface area contributed by atoms with Crippen LogP contribution in [-0.4, -0.2) is 11.8 Å². The minimum atomic E-state index is -0.797. The number of rotatable bonds is 5. The van der Waals surface area contributed by atoms with Gasteiger partial charge in [0.2, 0.25) is 0 Å². The molecule has 2 aromatic carbocycles. The van der Waals surface area contributed by atoms with Crippen molar-refractivity contribution in [3.05, 3.63) is 89.1 Å². The molecule has 0 saturated heterocycles. The minimum Gasteiger partial charge on any atom is -0.484 e. The monoisotopic (exact) mass is 379 g/mol. The third kappa shape index (κ3) is 4.34. The van der Waals surface area contributed by atoms with Crippen molar-refractivity contribution in [2.75, 3.05) is 0 Å². The van der Waals surface area contributed by atoms with Crippen molar-refractivity contribution in [3.63, 3.8) is 0 Å².